The van der Waals surface area contributed by atoms with E-state index >= 15 is 0 Å². The number of aliphatic hydroxyl groups excluding tert-OH is 1. The quantitative estimate of drug-likeness (QED) is 0.691. The summed E-state index contributed by atoms with van der Waals surface area (Å²) in [6, 6.07) is 0. The number of Topliss-reactive ketones (excluding diaryl/α,β-unsaturated/α-hetero) is 1. The second-order valence-corrected chi connectivity index (χ2v) is 8.65. The van der Waals surface area contributed by atoms with Crippen molar-refractivity contribution in [3.05, 3.63) is 11.6 Å². The van der Waals surface area contributed by atoms with Crippen molar-refractivity contribution in [3.8, 4) is 0 Å². The summed E-state index contributed by atoms with van der Waals surface area (Å²) in [6.07, 6.45) is 6.89. The van der Waals surface area contributed by atoms with Crippen LogP contribution < -0.4 is 0 Å². The minimum atomic E-state index is -1.23. The number of carbonyl (C=O) groups excluding carboxylic acids is 1. The number of hydrogen-bond donors (Lipinski definition) is 1. The van der Waals surface area contributed by atoms with Crippen LogP contribution in [-0.2, 0) is 4.79 Å². The number of hydrogen-bond acceptors (Lipinski definition) is 2. The molecule has 2 nitrogen and oxygen atoms in total. The van der Waals surface area contributed by atoms with Crippen molar-refractivity contribution >= 4 is 5.78 Å². The summed E-state index contributed by atoms with van der Waals surface area (Å²) in [7, 11) is 0. The molecule has 4 aliphatic carbocycles. The lowest BCUT2D eigenvalue weighted by Gasteiger charge is -2.57. The summed E-state index contributed by atoms with van der Waals surface area (Å²) in [5, 5.41) is 9.95. The minimum Gasteiger partial charge on any atom is -0.389 e. The van der Waals surface area contributed by atoms with Gasteiger partial charge in [-0.05, 0) is 68.1 Å². The van der Waals surface area contributed by atoms with E-state index in [0.29, 0.717) is 18.3 Å². The number of alkyl halides is 1. The zero-order valence-corrected chi connectivity index (χ0v) is 13.6. The molecule has 0 bridgehead atoms. The fourth-order valence-corrected chi connectivity index (χ4v) is 6.46. The van der Waals surface area contributed by atoms with E-state index in [4.69, 9.17) is 0 Å². The molecule has 3 heteroatoms. The van der Waals surface area contributed by atoms with Gasteiger partial charge in [0.05, 0.1) is 6.10 Å². The Labute approximate surface area is 132 Å². The Balaban J connectivity index is 1.69. The van der Waals surface area contributed by atoms with Gasteiger partial charge in [0.2, 0.25) is 0 Å². The van der Waals surface area contributed by atoms with Gasteiger partial charge in [-0.3, -0.25) is 4.79 Å². The Bertz CT molecular complexity index is 542. The molecule has 1 N–H and O–H groups in total. The predicted molar refractivity (Wildman–Crippen MR) is 83.0 cm³/mol. The molecule has 3 fully saturated rings. The molecular weight excluding hydrogens is 279 g/mol. The first-order chi connectivity index (χ1) is 10.4. The number of aliphatic hydroxyl groups is 1. The van der Waals surface area contributed by atoms with Gasteiger partial charge >= 0.3 is 0 Å². The molecule has 0 spiro atoms. The van der Waals surface area contributed by atoms with Gasteiger partial charge in [-0.2, -0.15) is 0 Å². The highest BCUT2D eigenvalue weighted by molar-refractivity contribution is 5.91. The number of fused-ring (bicyclic) bond motifs is 5. The van der Waals surface area contributed by atoms with Gasteiger partial charge < -0.3 is 5.11 Å². The molecule has 0 heterocycles. The molecule has 4 aliphatic rings. The van der Waals surface area contributed by atoms with Crippen LogP contribution in [0.4, 0.5) is 4.39 Å². The molecule has 0 saturated heterocycles. The van der Waals surface area contributed by atoms with Crippen molar-refractivity contribution in [1.82, 2.24) is 0 Å². The molecule has 4 rings (SSSR count). The third kappa shape index (κ3) is 1.78. The number of allylic oxidation sites excluding steroid dienone is 1. The van der Waals surface area contributed by atoms with Crippen LogP contribution in [0.2, 0.25) is 0 Å². The van der Waals surface area contributed by atoms with E-state index in [-0.39, 0.29) is 23.2 Å². The zero-order valence-electron chi connectivity index (χ0n) is 13.6. The lowest BCUT2D eigenvalue weighted by molar-refractivity contribution is -0.135. The third-order valence-electron chi connectivity index (χ3n) is 7.79. The average Bonchev–Trinajstić information content (AvgIpc) is 2.72. The smallest absolute Gasteiger partial charge is 0.173 e. The van der Waals surface area contributed by atoms with Gasteiger partial charge in [-0.15, -0.1) is 0 Å². The van der Waals surface area contributed by atoms with Crippen molar-refractivity contribution in [1.29, 1.82) is 0 Å². The first-order valence-corrected chi connectivity index (χ1v) is 8.94. The van der Waals surface area contributed by atoms with Crippen molar-refractivity contribution < 1.29 is 14.3 Å². The van der Waals surface area contributed by atoms with Crippen molar-refractivity contribution in [2.24, 2.45) is 28.6 Å². The second kappa shape index (κ2) is 4.66. The third-order valence-corrected chi connectivity index (χ3v) is 7.79. The molecule has 3 saturated carbocycles. The van der Waals surface area contributed by atoms with E-state index < -0.39 is 11.6 Å². The maximum absolute atomic E-state index is 14.1. The average molecular weight is 306 g/mol. The monoisotopic (exact) mass is 306 g/mol. The fourth-order valence-electron chi connectivity index (χ4n) is 6.46. The first-order valence-electron chi connectivity index (χ1n) is 8.94. The lowest BCUT2D eigenvalue weighted by Crippen LogP contribution is -2.50. The molecule has 7 atom stereocenters. The summed E-state index contributed by atoms with van der Waals surface area (Å²) in [6.45, 7) is 4.38. The highest BCUT2D eigenvalue weighted by Gasteiger charge is 2.61. The maximum Gasteiger partial charge on any atom is 0.173 e. The largest absolute Gasteiger partial charge is 0.389 e. The van der Waals surface area contributed by atoms with Crippen molar-refractivity contribution in [2.45, 2.75) is 71.1 Å². The van der Waals surface area contributed by atoms with Gasteiger partial charge in [0.1, 0.15) is 0 Å². The molecule has 0 aliphatic heterocycles. The molecule has 22 heavy (non-hydrogen) atoms. The second-order valence-electron chi connectivity index (χ2n) is 8.65. The highest BCUT2D eigenvalue weighted by Crippen LogP contribution is 2.64. The van der Waals surface area contributed by atoms with Gasteiger partial charge in [0.25, 0.3) is 0 Å². The van der Waals surface area contributed by atoms with Crippen LogP contribution in [0.15, 0.2) is 11.6 Å². The number of ketones is 1. The normalized spacial score (nSPS) is 54.3. The molecule has 0 amide bonds. The molecule has 0 aromatic carbocycles. The summed E-state index contributed by atoms with van der Waals surface area (Å²) >= 11 is 0. The van der Waals surface area contributed by atoms with Crippen LogP contribution in [0, 0.1) is 28.6 Å². The number of halogens is 1. The topological polar surface area (TPSA) is 37.3 Å². The summed E-state index contributed by atoms with van der Waals surface area (Å²) in [5.74, 6) is 1.16. The van der Waals surface area contributed by atoms with Crippen LogP contribution in [0.1, 0.15) is 58.8 Å². The van der Waals surface area contributed by atoms with Crippen LogP contribution in [0.25, 0.3) is 0 Å². The molecule has 0 radical (unpaired) electrons. The Morgan fingerprint density at radius 1 is 1.14 bits per heavy atom. The summed E-state index contributed by atoms with van der Waals surface area (Å²) < 4.78 is 14.1. The molecule has 0 aromatic heterocycles. The van der Waals surface area contributed by atoms with E-state index in [1.54, 1.807) is 0 Å². The Kier molecular flexibility index (Phi) is 3.15. The molecular formula is C19H27FO2. The fraction of sp³-hybridized carbons (Fsp3) is 0.842. The SMILES string of the molecule is C[C@]12CCC(O)C=C1CC[C@@H]1[C@@H]2CC[C@]2(C)C(=O)C(F)C[C@@H]12. The van der Waals surface area contributed by atoms with E-state index in [2.05, 4.69) is 13.0 Å². The Morgan fingerprint density at radius 3 is 2.64 bits per heavy atom. The first kappa shape index (κ1) is 14.9. The van der Waals surface area contributed by atoms with Crippen LogP contribution in [0.3, 0.4) is 0 Å². The Morgan fingerprint density at radius 2 is 1.86 bits per heavy atom. The summed E-state index contributed by atoms with van der Waals surface area (Å²) in [4.78, 5) is 12.3. The number of rotatable bonds is 0. The zero-order chi connectivity index (χ0) is 15.7. The van der Waals surface area contributed by atoms with Crippen LogP contribution in [-0.4, -0.2) is 23.2 Å². The van der Waals surface area contributed by atoms with Gasteiger partial charge in [-0.25, -0.2) is 4.39 Å². The van der Waals surface area contributed by atoms with Crippen molar-refractivity contribution in [3.63, 3.8) is 0 Å². The van der Waals surface area contributed by atoms with Crippen LogP contribution in [0.5, 0.6) is 0 Å². The minimum absolute atomic E-state index is 0.124. The van der Waals surface area contributed by atoms with Crippen LogP contribution >= 0.6 is 0 Å². The lowest BCUT2D eigenvalue weighted by atomic mass is 9.47. The highest BCUT2D eigenvalue weighted by atomic mass is 19.1. The predicted octanol–water partition coefficient (Wildman–Crippen LogP) is 3.83. The van der Waals surface area contributed by atoms with E-state index in [9.17, 15) is 14.3 Å². The number of carbonyl (C=O) groups is 1. The molecule has 2 unspecified atom stereocenters. The van der Waals surface area contributed by atoms with Gasteiger partial charge in [0.15, 0.2) is 12.0 Å². The van der Waals surface area contributed by atoms with Gasteiger partial charge in [-0.1, -0.05) is 25.5 Å². The molecule has 122 valence electrons. The van der Waals surface area contributed by atoms with Gasteiger partial charge in [0, 0.05) is 5.41 Å². The van der Waals surface area contributed by atoms with E-state index in [0.717, 1.165) is 38.5 Å². The van der Waals surface area contributed by atoms with E-state index in [1.165, 1.54) is 5.57 Å². The van der Waals surface area contributed by atoms with E-state index in [1.807, 2.05) is 6.92 Å². The standard InChI is InChI=1S/C19H27FO2/c1-18-7-5-12(21)9-11(18)3-4-13-14(18)6-8-19(2)15(13)10-16(20)17(19)22/h9,12-16,21H,3-8,10H2,1-2H3/t12?,13-,14+,15+,16?,18+,19+/m1/s1. The summed E-state index contributed by atoms with van der Waals surface area (Å²) in [5.41, 5.74) is 1.19. The maximum atomic E-state index is 14.1. The molecule has 0 aromatic rings. The Hall–Kier alpha value is -0.700. The van der Waals surface area contributed by atoms with Crippen molar-refractivity contribution in [2.75, 3.05) is 0 Å².